The number of hydrogen-bond donors (Lipinski definition) is 2. The molecule has 1 unspecified atom stereocenters. The van der Waals surface area contributed by atoms with Crippen molar-refractivity contribution >= 4 is 17.0 Å². The van der Waals surface area contributed by atoms with Crippen LogP contribution in [0, 0.1) is 0 Å². The van der Waals surface area contributed by atoms with Gasteiger partial charge in [0, 0.05) is 0 Å². The average molecular weight is 247 g/mol. The lowest BCUT2D eigenvalue weighted by molar-refractivity contribution is -0.138. The second-order valence-electron chi connectivity index (χ2n) is 3.88. The summed E-state index contributed by atoms with van der Waals surface area (Å²) in [5.41, 5.74) is 7.68. The summed E-state index contributed by atoms with van der Waals surface area (Å²) in [6.45, 7) is 0. The van der Waals surface area contributed by atoms with Crippen molar-refractivity contribution in [3.05, 3.63) is 30.0 Å². The second kappa shape index (κ2) is 4.97. The molecule has 1 aromatic carbocycles. The monoisotopic (exact) mass is 247 g/mol. The fourth-order valence-corrected chi connectivity index (χ4v) is 1.61. The van der Waals surface area contributed by atoms with Crippen LogP contribution in [0.1, 0.15) is 5.56 Å². The first-order chi connectivity index (χ1) is 8.60. The molecule has 0 bridgehead atoms. The van der Waals surface area contributed by atoms with Crippen LogP contribution in [-0.4, -0.2) is 34.2 Å². The van der Waals surface area contributed by atoms with Gasteiger partial charge in [-0.05, 0) is 24.1 Å². The molecule has 2 aromatic rings. The summed E-state index contributed by atoms with van der Waals surface area (Å²) < 4.78 is 4.98. The molecule has 2 rings (SSSR count). The van der Waals surface area contributed by atoms with Crippen molar-refractivity contribution < 1.29 is 14.6 Å². The highest BCUT2D eigenvalue weighted by molar-refractivity contribution is 5.76. The molecule has 0 saturated heterocycles. The van der Waals surface area contributed by atoms with E-state index in [0.717, 1.165) is 5.56 Å². The molecule has 18 heavy (non-hydrogen) atoms. The fourth-order valence-electron chi connectivity index (χ4n) is 1.61. The molecule has 1 atom stereocenters. The maximum atomic E-state index is 10.7. The number of benzene rings is 1. The van der Waals surface area contributed by atoms with Crippen molar-refractivity contribution in [2.24, 2.45) is 5.73 Å². The zero-order valence-corrected chi connectivity index (χ0v) is 9.83. The highest BCUT2D eigenvalue weighted by Crippen LogP contribution is 2.16. The Balaban J connectivity index is 2.30. The van der Waals surface area contributed by atoms with Gasteiger partial charge in [-0.2, -0.15) is 0 Å². The van der Waals surface area contributed by atoms with Gasteiger partial charge in [0.2, 0.25) is 5.88 Å². The van der Waals surface area contributed by atoms with Crippen LogP contribution >= 0.6 is 0 Å². The minimum absolute atomic E-state index is 0.263. The Kier molecular flexibility index (Phi) is 3.38. The Morgan fingerprint density at radius 2 is 2.28 bits per heavy atom. The molecule has 0 saturated carbocycles. The van der Waals surface area contributed by atoms with E-state index in [1.54, 1.807) is 18.2 Å². The lowest BCUT2D eigenvalue weighted by atomic mass is 10.1. The van der Waals surface area contributed by atoms with Crippen molar-refractivity contribution in [1.82, 2.24) is 9.97 Å². The Morgan fingerprint density at radius 1 is 1.50 bits per heavy atom. The first-order valence-electron chi connectivity index (χ1n) is 5.38. The smallest absolute Gasteiger partial charge is 0.320 e. The van der Waals surface area contributed by atoms with Crippen LogP contribution in [-0.2, 0) is 11.2 Å². The second-order valence-corrected chi connectivity index (χ2v) is 3.88. The highest BCUT2D eigenvalue weighted by Gasteiger charge is 2.12. The number of nitrogens with two attached hydrogens (primary N) is 1. The molecule has 0 spiro atoms. The van der Waals surface area contributed by atoms with Crippen LogP contribution < -0.4 is 10.5 Å². The quantitative estimate of drug-likeness (QED) is 0.820. The topological polar surface area (TPSA) is 98.3 Å². The first-order valence-corrected chi connectivity index (χ1v) is 5.38. The number of carboxylic acid groups (broad SMARTS) is 1. The molecular formula is C12H13N3O3. The predicted molar refractivity (Wildman–Crippen MR) is 65.4 cm³/mol. The molecule has 94 valence electrons. The zero-order chi connectivity index (χ0) is 13.1. The SMILES string of the molecule is COc1cnc2cc(CC(N)C(=O)O)ccc2n1. The number of fused-ring (bicyclic) bond motifs is 1. The Morgan fingerprint density at radius 3 is 2.94 bits per heavy atom. The first kappa shape index (κ1) is 12.3. The van der Waals surface area contributed by atoms with E-state index in [2.05, 4.69) is 9.97 Å². The number of hydrogen-bond acceptors (Lipinski definition) is 5. The van der Waals surface area contributed by atoms with Gasteiger partial charge in [0.25, 0.3) is 0 Å². The van der Waals surface area contributed by atoms with Crippen molar-refractivity contribution in [3.63, 3.8) is 0 Å². The zero-order valence-electron chi connectivity index (χ0n) is 9.83. The Bertz CT molecular complexity index is 586. The van der Waals surface area contributed by atoms with Gasteiger partial charge in [0.1, 0.15) is 6.04 Å². The molecule has 0 aliphatic rings. The number of aromatic nitrogens is 2. The fraction of sp³-hybridized carbons (Fsp3) is 0.250. The third kappa shape index (κ3) is 2.54. The van der Waals surface area contributed by atoms with Gasteiger partial charge >= 0.3 is 5.97 Å². The third-order valence-electron chi connectivity index (χ3n) is 2.57. The molecule has 1 heterocycles. The molecule has 0 amide bonds. The molecule has 0 radical (unpaired) electrons. The van der Waals surface area contributed by atoms with Gasteiger partial charge < -0.3 is 15.6 Å². The number of methoxy groups -OCH3 is 1. The van der Waals surface area contributed by atoms with Crippen LogP contribution in [0.2, 0.25) is 0 Å². The summed E-state index contributed by atoms with van der Waals surface area (Å²) in [4.78, 5) is 19.1. The summed E-state index contributed by atoms with van der Waals surface area (Å²) in [5, 5.41) is 8.76. The van der Waals surface area contributed by atoms with Gasteiger partial charge in [0.05, 0.1) is 24.3 Å². The summed E-state index contributed by atoms with van der Waals surface area (Å²) in [6.07, 6.45) is 1.78. The Labute approximate surface area is 103 Å². The number of aliphatic carboxylic acids is 1. The van der Waals surface area contributed by atoms with Crippen LogP contribution in [0.5, 0.6) is 5.88 Å². The predicted octanol–water partition coefficient (Wildman–Crippen LogP) is 0.593. The van der Waals surface area contributed by atoms with Gasteiger partial charge in [-0.1, -0.05) is 6.07 Å². The van der Waals surface area contributed by atoms with Crippen LogP contribution in [0.15, 0.2) is 24.4 Å². The minimum Gasteiger partial charge on any atom is -0.480 e. The lowest BCUT2D eigenvalue weighted by Crippen LogP contribution is -2.32. The maximum Gasteiger partial charge on any atom is 0.320 e. The van der Waals surface area contributed by atoms with E-state index in [9.17, 15) is 4.79 Å². The number of carboxylic acids is 1. The van der Waals surface area contributed by atoms with E-state index in [1.165, 1.54) is 13.3 Å². The summed E-state index contributed by atoms with van der Waals surface area (Å²) in [6, 6.07) is 4.44. The number of ether oxygens (including phenoxy) is 1. The van der Waals surface area contributed by atoms with E-state index in [0.29, 0.717) is 16.9 Å². The average Bonchev–Trinajstić information content (AvgIpc) is 2.37. The summed E-state index contributed by atoms with van der Waals surface area (Å²) >= 11 is 0. The van der Waals surface area contributed by atoms with E-state index in [-0.39, 0.29) is 6.42 Å². The van der Waals surface area contributed by atoms with Crippen molar-refractivity contribution in [2.45, 2.75) is 12.5 Å². The van der Waals surface area contributed by atoms with Gasteiger partial charge in [0.15, 0.2) is 0 Å². The number of carbonyl (C=O) groups is 1. The van der Waals surface area contributed by atoms with Crippen LogP contribution in [0.3, 0.4) is 0 Å². The molecule has 0 fully saturated rings. The number of nitrogens with zero attached hydrogens (tertiary/aromatic N) is 2. The van der Waals surface area contributed by atoms with Gasteiger partial charge in [-0.3, -0.25) is 4.79 Å². The maximum absolute atomic E-state index is 10.7. The largest absolute Gasteiger partial charge is 0.480 e. The molecular weight excluding hydrogens is 234 g/mol. The number of rotatable bonds is 4. The van der Waals surface area contributed by atoms with Gasteiger partial charge in [-0.15, -0.1) is 0 Å². The molecule has 6 heteroatoms. The third-order valence-corrected chi connectivity index (χ3v) is 2.57. The van der Waals surface area contributed by atoms with Crippen LogP contribution in [0.4, 0.5) is 0 Å². The molecule has 1 aromatic heterocycles. The molecule has 0 aliphatic carbocycles. The summed E-state index contributed by atoms with van der Waals surface area (Å²) in [7, 11) is 1.52. The lowest BCUT2D eigenvalue weighted by Gasteiger charge is -2.07. The molecule has 6 nitrogen and oxygen atoms in total. The normalized spacial score (nSPS) is 12.3. The van der Waals surface area contributed by atoms with E-state index in [4.69, 9.17) is 15.6 Å². The van der Waals surface area contributed by atoms with E-state index >= 15 is 0 Å². The van der Waals surface area contributed by atoms with Crippen molar-refractivity contribution in [1.29, 1.82) is 0 Å². The standard InChI is InChI=1S/C12H13N3O3/c1-18-11-6-14-10-5-7(2-3-9(10)15-11)4-8(13)12(16)17/h2-3,5-6,8H,4,13H2,1H3,(H,16,17). The van der Waals surface area contributed by atoms with Gasteiger partial charge in [-0.25, -0.2) is 9.97 Å². The van der Waals surface area contributed by atoms with Crippen LogP contribution in [0.25, 0.3) is 11.0 Å². The Hall–Kier alpha value is -2.21. The van der Waals surface area contributed by atoms with E-state index < -0.39 is 12.0 Å². The molecule has 3 N–H and O–H groups in total. The van der Waals surface area contributed by atoms with Crippen molar-refractivity contribution in [3.8, 4) is 5.88 Å². The van der Waals surface area contributed by atoms with E-state index in [1.807, 2.05) is 0 Å². The molecule has 0 aliphatic heterocycles. The summed E-state index contributed by atoms with van der Waals surface area (Å²) in [5.74, 6) is -0.576. The van der Waals surface area contributed by atoms with Crippen molar-refractivity contribution in [2.75, 3.05) is 7.11 Å². The highest BCUT2D eigenvalue weighted by atomic mass is 16.5. The minimum atomic E-state index is -1.02.